The first kappa shape index (κ1) is 94.1. The monoisotopic (exact) mass is 1410 g/mol. The summed E-state index contributed by atoms with van der Waals surface area (Å²) in [6, 6.07) is 0. The quantitative estimate of drug-likeness (QED) is 0.0222. The van der Waals surface area contributed by atoms with Crippen LogP contribution >= 0.6 is 15.6 Å². The maximum atomic E-state index is 13.1. The molecule has 0 aliphatic heterocycles. The van der Waals surface area contributed by atoms with E-state index in [4.69, 9.17) is 37.0 Å². The number of unbranched alkanes of at least 4 members (excludes halogenated alkanes) is 46. The number of phosphoric ester groups is 2. The maximum absolute atomic E-state index is 13.1. The Labute approximate surface area is 588 Å². The smallest absolute Gasteiger partial charge is 0.462 e. The Balaban J connectivity index is 5.17. The van der Waals surface area contributed by atoms with E-state index in [9.17, 15) is 43.2 Å². The van der Waals surface area contributed by atoms with Gasteiger partial charge in [0.2, 0.25) is 0 Å². The van der Waals surface area contributed by atoms with Gasteiger partial charge in [0, 0.05) is 25.7 Å². The van der Waals surface area contributed by atoms with E-state index in [2.05, 4.69) is 41.5 Å². The van der Waals surface area contributed by atoms with Gasteiger partial charge < -0.3 is 33.8 Å². The lowest BCUT2D eigenvalue weighted by Crippen LogP contribution is -2.30. The van der Waals surface area contributed by atoms with Gasteiger partial charge in [-0.3, -0.25) is 37.3 Å². The van der Waals surface area contributed by atoms with Gasteiger partial charge in [-0.15, -0.1) is 0 Å². The van der Waals surface area contributed by atoms with Crippen LogP contribution in [0.2, 0.25) is 0 Å². The molecule has 0 aliphatic rings. The molecular formula is C77H150O17P2. The summed E-state index contributed by atoms with van der Waals surface area (Å²) in [5, 5.41) is 10.6. The van der Waals surface area contributed by atoms with Crippen molar-refractivity contribution in [3.63, 3.8) is 0 Å². The van der Waals surface area contributed by atoms with Crippen LogP contribution in [-0.4, -0.2) is 96.7 Å². The Hall–Kier alpha value is -1.94. The number of aliphatic hydroxyl groups is 1. The van der Waals surface area contributed by atoms with Crippen LogP contribution in [0.25, 0.3) is 0 Å². The lowest BCUT2D eigenvalue weighted by atomic mass is 10.0. The first-order valence-electron chi connectivity index (χ1n) is 40.0. The molecule has 0 aromatic rings. The Morgan fingerprint density at radius 2 is 0.479 bits per heavy atom. The largest absolute Gasteiger partial charge is 0.472 e. The van der Waals surface area contributed by atoms with E-state index in [0.29, 0.717) is 25.7 Å². The fourth-order valence-corrected chi connectivity index (χ4v) is 13.4. The molecular weight excluding hydrogens is 1260 g/mol. The second-order valence-corrected chi connectivity index (χ2v) is 31.6. The van der Waals surface area contributed by atoms with Crippen LogP contribution < -0.4 is 0 Å². The number of phosphoric acid groups is 2. The molecule has 570 valence electrons. The average Bonchev–Trinajstić information content (AvgIpc) is 3.11. The molecule has 0 saturated carbocycles. The van der Waals surface area contributed by atoms with E-state index in [1.54, 1.807) is 0 Å². The van der Waals surface area contributed by atoms with Crippen LogP contribution in [-0.2, 0) is 65.4 Å². The summed E-state index contributed by atoms with van der Waals surface area (Å²) < 4.78 is 68.4. The maximum Gasteiger partial charge on any atom is 0.472 e. The van der Waals surface area contributed by atoms with E-state index in [1.165, 1.54) is 212 Å². The third-order valence-corrected chi connectivity index (χ3v) is 19.9. The second kappa shape index (κ2) is 68.8. The van der Waals surface area contributed by atoms with Crippen LogP contribution in [0.3, 0.4) is 0 Å². The first-order valence-corrected chi connectivity index (χ1v) is 43.0. The SMILES string of the molecule is CCCCCCCCCCCCC(=O)O[C@H](COC(=O)CCCCCCCCCC)COP(=O)(O)OC[C@H](O)COP(=O)(O)OC[C@@H](COC(=O)CCCCCCCCCCCCCCCCC(C)C)OC(=O)CCCCCCCCCCCCCCCCCCCCC(C)C. The van der Waals surface area contributed by atoms with Gasteiger partial charge in [-0.25, -0.2) is 9.13 Å². The average molecular weight is 1410 g/mol. The van der Waals surface area contributed by atoms with Crippen LogP contribution in [0.15, 0.2) is 0 Å². The fourth-order valence-electron chi connectivity index (χ4n) is 11.8. The molecule has 0 heterocycles. The number of esters is 4. The Kier molecular flexibility index (Phi) is 67.4. The highest BCUT2D eigenvalue weighted by atomic mass is 31.2. The molecule has 3 N–H and O–H groups in total. The number of hydrogen-bond acceptors (Lipinski definition) is 15. The standard InChI is InChI=1S/C77H150O17P2/c1-7-9-11-13-15-17-36-43-49-55-61-76(81)93-72(65-87-74(79)59-53-47-41-16-14-12-10-8-2)67-91-95(83,84)89-63-71(78)64-90-96(85,86)92-68-73(66-88-75(80)60-54-48-42-37-32-28-25-24-27-31-35-40-46-52-58-70(5)6)94-77(82)62-56-50-44-38-33-29-23-21-19-18-20-22-26-30-34-39-45-51-57-69(3)4/h69-73,78H,7-68H2,1-6H3,(H,83,84)(H,85,86)/t71-,72+,73+/m0/s1. The number of carbonyl (C=O) groups is 4. The van der Waals surface area contributed by atoms with Crippen LogP contribution in [0.5, 0.6) is 0 Å². The Morgan fingerprint density at radius 3 is 0.708 bits per heavy atom. The highest BCUT2D eigenvalue weighted by molar-refractivity contribution is 7.47. The highest BCUT2D eigenvalue weighted by Crippen LogP contribution is 2.45. The molecule has 5 atom stereocenters. The van der Waals surface area contributed by atoms with Crippen LogP contribution in [0.1, 0.15) is 401 Å². The molecule has 17 nitrogen and oxygen atoms in total. The van der Waals surface area contributed by atoms with Crippen molar-refractivity contribution < 1.29 is 80.2 Å². The molecule has 19 heteroatoms. The summed E-state index contributed by atoms with van der Waals surface area (Å²) >= 11 is 0. The van der Waals surface area contributed by atoms with Gasteiger partial charge in [0.05, 0.1) is 26.4 Å². The first-order chi connectivity index (χ1) is 46.4. The van der Waals surface area contributed by atoms with Crippen LogP contribution in [0.4, 0.5) is 0 Å². The van der Waals surface area contributed by atoms with Gasteiger partial charge in [0.1, 0.15) is 19.3 Å². The van der Waals surface area contributed by atoms with Crippen molar-refractivity contribution in [3.05, 3.63) is 0 Å². The number of rotatable bonds is 76. The van der Waals surface area contributed by atoms with Crippen molar-refractivity contribution in [3.8, 4) is 0 Å². The van der Waals surface area contributed by atoms with E-state index >= 15 is 0 Å². The summed E-state index contributed by atoms with van der Waals surface area (Å²) in [6.07, 6.45) is 57.0. The fraction of sp³-hybridized carbons (Fsp3) is 0.948. The van der Waals surface area contributed by atoms with Gasteiger partial charge in [-0.1, -0.05) is 350 Å². The van der Waals surface area contributed by atoms with Crippen molar-refractivity contribution in [2.75, 3.05) is 39.6 Å². The molecule has 0 aromatic carbocycles. The van der Waals surface area contributed by atoms with Crippen molar-refractivity contribution in [1.29, 1.82) is 0 Å². The summed E-state index contributed by atoms with van der Waals surface area (Å²) in [4.78, 5) is 72.7. The van der Waals surface area contributed by atoms with Crippen molar-refractivity contribution in [1.82, 2.24) is 0 Å². The van der Waals surface area contributed by atoms with Gasteiger partial charge >= 0.3 is 39.5 Å². The summed E-state index contributed by atoms with van der Waals surface area (Å²) in [5.74, 6) is -0.498. The number of aliphatic hydroxyl groups excluding tert-OH is 1. The zero-order chi connectivity index (χ0) is 70.7. The van der Waals surface area contributed by atoms with Crippen molar-refractivity contribution in [2.45, 2.75) is 419 Å². The molecule has 0 aromatic heterocycles. The normalized spacial score (nSPS) is 14.0. The molecule has 96 heavy (non-hydrogen) atoms. The molecule has 0 aliphatic carbocycles. The minimum Gasteiger partial charge on any atom is -0.462 e. The summed E-state index contributed by atoms with van der Waals surface area (Å²) in [5.41, 5.74) is 0. The molecule has 0 fully saturated rings. The summed E-state index contributed by atoms with van der Waals surface area (Å²) in [7, 11) is -9.90. The van der Waals surface area contributed by atoms with Gasteiger partial charge in [-0.2, -0.15) is 0 Å². The second-order valence-electron chi connectivity index (χ2n) is 28.7. The van der Waals surface area contributed by atoms with E-state index in [-0.39, 0.29) is 25.7 Å². The third-order valence-electron chi connectivity index (χ3n) is 18.0. The zero-order valence-corrected chi connectivity index (χ0v) is 64.5. The molecule has 0 radical (unpaired) electrons. The van der Waals surface area contributed by atoms with Gasteiger partial charge in [0.25, 0.3) is 0 Å². The molecule has 2 unspecified atom stereocenters. The van der Waals surface area contributed by atoms with E-state index < -0.39 is 97.5 Å². The summed E-state index contributed by atoms with van der Waals surface area (Å²) in [6.45, 7) is 9.62. The topological polar surface area (TPSA) is 237 Å². The lowest BCUT2D eigenvalue weighted by molar-refractivity contribution is -0.161. The number of ether oxygens (including phenoxy) is 4. The zero-order valence-electron chi connectivity index (χ0n) is 62.7. The Morgan fingerprint density at radius 1 is 0.281 bits per heavy atom. The highest BCUT2D eigenvalue weighted by Gasteiger charge is 2.30. The molecule has 0 rings (SSSR count). The van der Waals surface area contributed by atoms with Crippen molar-refractivity contribution in [2.24, 2.45) is 11.8 Å². The molecule has 0 amide bonds. The van der Waals surface area contributed by atoms with Gasteiger partial charge in [0.15, 0.2) is 12.2 Å². The van der Waals surface area contributed by atoms with Crippen molar-refractivity contribution >= 4 is 39.5 Å². The third kappa shape index (κ3) is 70.5. The lowest BCUT2D eigenvalue weighted by Gasteiger charge is -2.21. The van der Waals surface area contributed by atoms with E-state index in [1.807, 2.05) is 0 Å². The molecule has 0 spiro atoms. The molecule has 0 saturated heterocycles. The number of carbonyl (C=O) groups excluding carboxylic acids is 4. The predicted octanol–water partition coefficient (Wildman–Crippen LogP) is 22.7. The van der Waals surface area contributed by atoms with E-state index in [0.717, 1.165) is 108 Å². The minimum atomic E-state index is -4.96. The van der Waals surface area contributed by atoms with Crippen LogP contribution in [0, 0.1) is 11.8 Å². The molecule has 0 bridgehead atoms. The predicted molar refractivity (Wildman–Crippen MR) is 391 cm³/mol. The Bertz CT molecular complexity index is 1860. The number of hydrogen-bond donors (Lipinski definition) is 3. The van der Waals surface area contributed by atoms with Gasteiger partial charge in [-0.05, 0) is 37.5 Å². The minimum absolute atomic E-state index is 0.106.